The highest BCUT2D eigenvalue weighted by Crippen LogP contribution is 2.29. The van der Waals surface area contributed by atoms with Crippen LogP contribution in [0, 0.1) is 11.6 Å². The van der Waals surface area contributed by atoms with Gasteiger partial charge in [0.15, 0.2) is 11.6 Å². The van der Waals surface area contributed by atoms with Gasteiger partial charge in [0.2, 0.25) is 0 Å². The molecule has 0 aliphatic heterocycles. The fourth-order valence-corrected chi connectivity index (χ4v) is 2.34. The van der Waals surface area contributed by atoms with E-state index >= 15 is 0 Å². The zero-order valence-corrected chi connectivity index (χ0v) is 12.0. The van der Waals surface area contributed by atoms with Gasteiger partial charge in [-0.1, -0.05) is 57.0 Å². The van der Waals surface area contributed by atoms with Crippen LogP contribution in [0.2, 0.25) is 5.02 Å². The lowest BCUT2D eigenvalue weighted by atomic mass is 10.0. The average molecular weight is 291 g/mol. The molecule has 0 spiro atoms. The van der Waals surface area contributed by atoms with Gasteiger partial charge in [0.1, 0.15) is 0 Å². The number of unbranched alkanes of at least 4 members (excludes halogenated alkanes) is 5. The molecule has 19 heavy (non-hydrogen) atoms. The number of aliphatic hydroxyl groups excluding tert-OH is 1. The van der Waals surface area contributed by atoms with Crippen LogP contribution in [0.15, 0.2) is 12.1 Å². The summed E-state index contributed by atoms with van der Waals surface area (Å²) in [6, 6.07) is 1.90. The second-order valence-corrected chi connectivity index (χ2v) is 5.27. The molecule has 1 aromatic carbocycles. The fourth-order valence-electron chi connectivity index (χ4n) is 2.07. The summed E-state index contributed by atoms with van der Waals surface area (Å²) < 4.78 is 26.0. The van der Waals surface area contributed by atoms with Crippen molar-refractivity contribution in [3.8, 4) is 0 Å². The fraction of sp³-hybridized carbons (Fsp3) is 0.600. The average Bonchev–Trinajstić information content (AvgIpc) is 2.37. The molecule has 4 heteroatoms. The third-order valence-corrected chi connectivity index (χ3v) is 3.56. The van der Waals surface area contributed by atoms with Gasteiger partial charge in [-0.15, -0.1) is 0 Å². The molecular formula is C15H21ClF2O. The zero-order chi connectivity index (χ0) is 14.3. The first kappa shape index (κ1) is 16.4. The maximum atomic E-state index is 13.1. The second kappa shape index (κ2) is 8.49. The molecule has 0 radical (unpaired) electrons. The summed E-state index contributed by atoms with van der Waals surface area (Å²) in [5, 5.41) is 10.0. The summed E-state index contributed by atoms with van der Waals surface area (Å²) in [5.41, 5.74) is 0.272. The third-order valence-electron chi connectivity index (χ3n) is 3.23. The van der Waals surface area contributed by atoms with Crippen LogP contribution in [-0.4, -0.2) is 5.11 Å². The first-order valence-electron chi connectivity index (χ1n) is 6.88. The van der Waals surface area contributed by atoms with E-state index in [-0.39, 0.29) is 10.6 Å². The van der Waals surface area contributed by atoms with Crippen molar-refractivity contribution in [3.05, 3.63) is 34.4 Å². The Morgan fingerprint density at radius 1 is 1.05 bits per heavy atom. The van der Waals surface area contributed by atoms with Gasteiger partial charge in [-0.05, 0) is 18.6 Å². The predicted octanol–water partition coefficient (Wildman–Crippen LogP) is 5.40. The number of rotatable bonds is 8. The summed E-state index contributed by atoms with van der Waals surface area (Å²) >= 11 is 5.81. The molecule has 108 valence electrons. The van der Waals surface area contributed by atoms with E-state index in [9.17, 15) is 13.9 Å². The van der Waals surface area contributed by atoms with Crippen molar-refractivity contribution >= 4 is 11.6 Å². The monoisotopic (exact) mass is 290 g/mol. The molecule has 0 aromatic heterocycles. The lowest BCUT2D eigenvalue weighted by molar-refractivity contribution is 0.163. The van der Waals surface area contributed by atoms with Crippen LogP contribution in [0.3, 0.4) is 0 Å². The van der Waals surface area contributed by atoms with Gasteiger partial charge >= 0.3 is 0 Å². The molecule has 0 bridgehead atoms. The van der Waals surface area contributed by atoms with Crippen LogP contribution in [0.5, 0.6) is 0 Å². The van der Waals surface area contributed by atoms with E-state index in [1.54, 1.807) is 0 Å². The zero-order valence-electron chi connectivity index (χ0n) is 11.3. The van der Waals surface area contributed by atoms with E-state index in [4.69, 9.17) is 11.6 Å². The third kappa shape index (κ3) is 5.45. The number of halogens is 3. The van der Waals surface area contributed by atoms with E-state index in [0.717, 1.165) is 31.4 Å². The maximum Gasteiger partial charge on any atom is 0.160 e. The Hall–Kier alpha value is -0.670. The van der Waals surface area contributed by atoms with Crippen LogP contribution in [-0.2, 0) is 0 Å². The van der Waals surface area contributed by atoms with Gasteiger partial charge in [-0.3, -0.25) is 0 Å². The molecule has 1 rings (SSSR count). The van der Waals surface area contributed by atoms with E-state index in [1.165, 1.54) is 19.3 Å². The first-order valence-corrected chi connectivity index (χ1v) is 7.26. The highest BCUT2D eigenvalue weighted by atomic mass is 35.5. The molecule has 0 amide bonds. The van der Waals surface area contributed by atoms with E-state index in [0.29, 0.717) is 6.42 Å². The predicted molar refractivity (Wildman–Crippen MR) is 74.3 cm³/mol. The van der Waals surface area contributed by atoms with Gasteiger partial charge in [-0.2, -0.15) is 0 Å². The summed E-state index contributed by atoms with van der Waals surface area (Å²) in [5.74, 6) is -1.96. The number of benzene rings is 1. The van der Waals surface area contributed by atoms with E-state index < -0.39 is 17.7 Å². The standard InChI is InChI=1S/C15H21ClF2O/c1-2-3-4-5-6-7-8-15(19)11-9-13(17)14(18)10-12(11)16/h9-10,15,19H,2-8H2,1H3. The smallest absolute Gasteiger partial charge is 0.160 e. The SMILES string of the molecule is CCCCCCCCC(O)c1cc(F)c(F)cc1Cl. The van der Waals surface area contributed by atoms with Crippen molar-refractivity contribution < 1.29 is 13.9 Å². The molecule has 0 fully saturated rings. The molecule has 0 saturated heterocycles. The Labute approximate surface area is 118 Å². The Morgan fingerprint density at radius 3 is 2.32 bits per heavy atom. The van der Waals surface area contributed by atoms with Gasteiger partial charge in [-0.25, -0.2) is 8.78 Å². The van der Waals surface area contributed by atoms with Gasteiger partial charge in [0.05, 0.1) is 6.10 Å². The molecule has 0 aliphatic carbocycles. The Bertz CT molecular complexity index is 396. The van der Waals surface area contributed by atoms with Crippen molar-refractivity contribution in [2.45, 2.75) is 58.0 Å². The molecule has 0 heterocycles. The Morgan fingerprint density at radius 2 is 1.63 bits per heavy atom. The minimum atomic E-state index is -0.986. The highest BCUT2D eigenvalue weighted by Gasteiger charge is 2.15. The molecule has 1 unspecified atom stereocenters. The topological polar surface area (TPSA) is 20.2 Å². The maximum absolute atomic E-state index is 13.1. The van der Waals surface area contributed by atoms with Crippen molar-refractivity contribution in [3.63, 3.8) is 0 Å². The molecule has 1 nitrogen and oxygen atoms in total. The van der Waals surface area contributed by atoms with Crippen LogP contribution in [0.25, 0.3) is 0 Å². The van der Waals surface area contributed by atoms with Gasteiger partial charge < -0.3 is 5.11 Å². The van der Waals surface area contributed by atoms with Crippen LogP contribution in [0.1, 0.15) is 63.5 Å². The Kier molecular flexibility index (Phi) is 7.32. The van der Waals surface area contributed by atoms with Gasteiger partial charge in [0, 0.05) is 10.6 Å². The summed E-state index contributed by atoms with van der Waals surface area (Å²) in [4.78, 5) is 0. The Balaban J connectivity index is 2.41. The number of hydrogen-bond donors (Lipinski definition) is 1. The minimum absolute atomic E-state index is 0.0809. The molecular weight excluding hydrogens is 270 g/mol. The van der Waals surface area contributed by atoms with Crippen molar-refractivity contribution in [1.29, 1.82) is 0 Å². The van der Waals surface area contributed by atoms with E-state index in [1.807, 2.05) is 0 Å². The molecule has 0 aliphatic rings. The van der Waals surface area contributed by atoms with Crippen LogP contribution in [0.4, 0.5) is 8.78 Å². The summed E-state index contributed by atoms with van der Waals surface area (Å²) in [6.45, 7) is 2.16. The lowest BCUT2D eigenvalue weighted by Gasteiger charge is -2.13. The van der Waals surface area contributed by atoms with Gasteiger partial charge in [0.25, 0.3) is 0 Å². The van der Waals surface area contributed by atoms with Crippen LogP contribution < -0.4 is 0 Å². The largest absolute Gasteiger partial charge is 0.388 e. The minimum Gasteiger partial charge on any atom is -0.388 e. The second-order valence-electron chi connectivity index (χ2n) is 4.86. The molecule has 0 saturated carbocycles. The lowest BCUT2D eigenvalue weighted by Crippen LogP contribution is -2.00. The van der Waals surface area contributed by atoms with Crippen LogP contribution >= 0.6 is 11.6 Å². The summed E-state index contributed by atoms with van der Waals surface area (Å²) in [6.07, 6.45) is 6.39. The quantitative estimate of drug-likeness (QED) is 0.502. The molecule has 1 aromatic rings. The first-order chi connectivity index (χ1) is 9.06. The highest BCUT2D eigenvalue weighted by molar-refractivity contribution is 6.31. The number of aliphatic hydroxyl groups is 1. The molecule has 1 atom stereocenters. The van der Waals surface area contributed by atoms with E-state index in [2.05, 4.69) is 6.92 Å². The number of hydrogen-bond acceptors (Lipinski definition) is 1. The molecule has 1 N–H and O–H groups in total. The summed E-state index contributed by atoms with van der Waals surface area (Å²) in [7, 11) is 0. The normalized spacial score (nSPS) is 12.7. The van der Waals surface area contributed by atoms with Crippen molar-refractivity contribution in [2.24, 2.45) is 0 Å². The van der Waals surface area contributed by atoms with Crippen molar-refractivity contribution in [2.75, 3.05) is 0 Å². The van der Waals surface area contributed by atoms with Crippen molar-refractivity contribution in [1.82, 2.24) is 0 Å².